The van der Waals surface area contributed by atoms with Crippen LogP contribution >= 0.6 is 0 Å². The van der Waals surface area contributed by atoms with Gasteiger partial charge in [0.25, 0.3) is 0 Å². The summed E-state index contributed by atoms with van der Waals surface area (Å²) in [5.74, 6) is 0.936. The quantitative estimate of drug-likeness (QED) is 0.783. The SMILES string of the molecule is Cc1cccc(-c2ccc(OS(C)(=O)=O)cc2)c1C1=NC(C)(C)CO1. The lowest BCUT2D eigenvalue weighted by molar-refractivity contribution is 0.279. The summed E-state index contributed by atoms with van der Waals surface area (Å²) >= 11 is 0. The lowest BCUT2D eigenvalue weighted by Gasteiger charge is -2.13. The van der Waals surface area contributed by atoms with Crippen LogP contribution in [0.4, 0.5) is 0 Å². The number of aliphatic imine (C=N–C) groups is 1. The van der Waals surface area contributed by atoms with Crippen molar-refractivity contribution < 1.29 is 17.3 Å². The first-order valence-corrected chi connectivity index (χ1v) is 9.79. The normalized spacial score (nSPS) is 16.2. The second-order valence-corrected chi connectivity index (χ2v) is 8.40. The molecule has 0 bridgehead atoms. The highest BCUT2D eigenvalue weighted by Crippen LogP contribution is 2.31. The Kier molecular flexibility index (Phi) is 4.33. The summed E-state index contributed by atoms with van der Waals surface area (Å²) in [7, 11) is -3.53. The van der Waals surface area contributed by atoms with E-state index >= 15 is 0 Å². The number of nitrogens with zero attached hydrogens (tertiary/aromatic N) is 1. The van der Waals surface area contributed by atoms with Crippen LogP contribution in [0.25, 0.3) is 11.1 Å². The predicted octanol–water partition coefficient (Wildman–Crippen LogP) is 3.56. The minimum absolute atomic E-state index is 0.234. The van der Waals surface area contributed by atoms with E-state index in [1.165, 1.54) is 0 Å². The molecule has 132 valence electrons. The van der Waals surface area contributed by atoms with E-state index in [-0.39, 0.29) is 11.3 Å². The zero-order chi connectivity index (χ0) is 18.2. The first kappa shape index (κ1) is 17.5. The van der Waals surface area contributed by atoms with Gasteiger partial charge in [0.1, 0.15) is 12.4 Å². The maximum Gasteiger partial charge on any atom is 0.306 e. The number of hydrogen-bond donors (Lipinski definition) is 0. The molecule has 0 fully saturated rings. The third-order valence-corrected chi connectivity index (χ3v) is 4.36. The molecular weight excluding hydrogens is 338 g/mol. The first-order valence-electron chi connectivity index (χ1n) is 7.97. The summed E-state index contributed by atoms with van der Waals surface area (Å²) in [6.07, 6.45) is 1.02. The maximum atomic E-state index is 11.2. The van der Waals surface area contributed by atoms with E-state index in [9.17, 15) is 8.42 Å². The van der Waals surface area contributed by atoms with E-state index in [4.69, 9.17) is 13.9 Å². The summed E-state index contributed by atoms with van der Waals surface area (Å²) in [4.78, 5) is 4.69. The average molecular weight is 359 g/mol. The van der Waals surface area contributed by atoms with Gasteiger partial charge in [-0.3, -0.25) is 0 Å². The third kappa shape index (κ3) is 4.02. The van der Waals surface area contributed by atoms with E-state index in [0.717, 1.165) is 28.5 Å². The van der Waals surface area contributed by atoms with Crippen molar-refractivity contribution in [3.05, 3.63) is 53.6 Å². The van der Waals surface area contributed by atoms with Gasteiger partial charge in [0.05, 0.1) is 11.8 Å². The standard InChI is InChI=1S/C19H21NO4S/c1-13-6-5-7-16(17(13)18-20-19(2,3)12-23-18)14-8-10-15(11-9-14)24-25(4,21)22/h5-11H,12H2,1-4H3. The van der Waals surface area contributed by atoms with Crippen molar-refractivity contribution in [3.8, 4) is 16.9 Å². The smallest absolute Gasteiger partial charge is 0.306 e. The van der Waals surface area contributed by atoms with Crippen LogP contribution in [0.5, 0.6) is 5.75 Å². The van der Waals surface area contributed by atoms with Crippen molar-refractivity contribution in [3.63, 3.8) is 0 Å². The predicted molar refractivity (Wildman–Crippen MR) is 98.7 cm³/mol. The van der Waals surface area contributed by atoms with Crippen LogP contribution in [0.2, 0.25) is 0 Å². The van der Waals surface area contributed by atoms with Gasteiger partial charge in [0, 0.05) is 5.56 Å². The highest BCUT2D eigenvalue weighted by atomic mass is 32.2. The van der Waals surface area contributed by atoms with Crippen LogP contribution in [0.3, 0.4) is 0 Å². The molecule has 6 heteroatoms. The fraction of sp³-hybridized carbons (Fsp3) is 0.316. The molecule has 2 aromatic carbocycles. The summed E-state index contributed by atoms with van der Waals surface area (Å²) < 4.78 is 33.2. The zero-order valence-electron chi connectivity index (χ0n) is 14.7. The molecule has 0 saturated carbocycles. The fourth-order valence-corrected chi connectivity index (χ4v) is 3.23. The molecule has 1 heterocycles. The largest absolute Gasteiger partial charge is 0.475 e. The van der Waals surface area contributed by atoms with Crippen molar-refractivity contribution in [1.29, 1.82) is 0 Å². The van der Waals surface area contributed by atoms with Gasteiger partial charge in [-0.1, -0.05) is 30.3 Å². The van der Waals surface area contributed by atoms with Gasteiger partial charge >= 0.3 is 10.1 Å². The molecule has 0 atom stereocenters. The molecule has 0 amide bonds. The fourth-order valence-electron chi connectivity index (χ4n) is 2.77. The summed E-state index contributed by atoms with van der Waals surface area (Å²) in [5, 5.41) is 0. The van der Waals surface area contributed by atoms with Gasteiger partial charge < -0.3 is 8.92 Å². The highest BCUT2D eigenvalue weighted by Gasteiger charge is 2.29. The Labute approximate surface area is 148 Å². The summed E-state index contributed by atoms with van der Waals surface area (Å²) in [6.45, 7) is 6.65. The van der Waals surface area contributed by atoms with Crippen molar-refractivity contribution in [2.24, 2.45) is 4.99 Å². The van der Waals surface area contributed by atoms with E-state index in [1.807, 2.05) is 51.1 Å². The lowest BCUT2D eigenvalue weighted by atomic mass is 9.95. The zero-order valence-corrected chi connectivity index (χ0v) is 15.6. The molecule has 5 nitrogen and oxygen atoms in total. The van der Waals surface area contributed by atoms with Gasteiger partial charge in [0.2, 0.25) is 5.90 Å². The Balaban J connectivity index is 2.03. The van der Waals surface area contributed by atoms with E-state index in [1.54, 1.807) is 12.1 Å². The molecule has 1 aliphatic heterocycles. The van der Waals surface area contributed by atoms with Gasteiger partial charge in [-0.15, -0.1) is 0 Å². The summed E-state index contributed by atoms with van der Waals surface area (Å²) in [5.41, 5.74) is 3.73. The van der Waals surface area contributed by atoms with Crippen LogP contribution in [0.15, 0.2) is 47.5 Å². The van der Waals surface area contributed by atoms with Gasteiger partial charge in [-0.05, 0) is 49.6 Å². The van der Waals surface area contributed by atoms with Crippen LogP contribution in [0.1, 0.15) is 25.0 Å². The van der Waals surface area contributed by atoms with Crippen molar-refractivity contribution in [2.45, 2.75) is 26.3 Å². The molecule has 0 aliphatic carbocycles. The van der Waals surface area contributed by atoms with Gasteiger partial charge in [0.15, 0.2) is 0 Å². The third-order valence-electron chi connectivity index (χ3n) is 3.87. The van der Waals surface area contributed by atoms with Crippen LogP contribution in [-0.4, -0.2) is 32.7 Å². The molecule has 0 unspecified atom stereocenters. The molecule has 2 aromatic rings. The van der Waals surface area contributed by atoms with Crippen molar-refractivity contribution in [1.82, 2.24) is 0 Å². The molecule has 0 aromatic heterocycles. The van der Waals surface area contributed by atoms with E-state index in [0.29, 0.717) is 12.5 Å². The van der Waals surface area contributed by atoms with Crippen LogP contribution in [-0.2, 0) is 14.9 Å². The molecule has 0 saturated heterocycles. The highest BCUT2D eigenvalue weighted by molar-refractivity contribution is 7.86. The Morgan fingerprint density at radius 3 is 2.36 bits per heavy atom. The Hall–Kier alpha value is -2.34. The van der Waals surface area contributed by atoms with Crippen LogP contribution < -0.4 is 4.18 Å². The molecule has 0 radical (unpaired) electrons. The lowest BCUT2D eigenvalue weighted by Crippen LogP contribution is -2.17. The molecule has 3 rings (SSSR count). The van der Waals surface area contributed by atoms with Gasteiger partial charge in [-0.25, -0.2) is 4.99 Å². The maximum absolute atomic E-state index is 11.2. The van der Waals surface area contributed by atoms with Crippen LogP contribution in [0, 0.1) is 6.92 Å². The number of benzene rings is 2. The van der Waals surface area contributed by atoms with E-state index < -0.39 is 10.1 Å². The first-order chi connectivity index (χ1) is 11.6. The second-order valence-electron chi connectivity index (χ2n) is 6.83. The number of hydrogen-bond acceptors (Lipinski definition) is 5. The van der Waals surface area contributed by atoms with Crippen molar-refractivity contribution in [2.75, 3.05) is 12.9 Å². The molecule has 25 heavy (non-hydrogen) atoms. The second kappa shape index (κ2) is 6.19. The molecule has 0 spiro atoms. The topological polar surface area (TPSA) is 65.0 Å². The number of aryl methyl sites for hydroxylation is 1. The average Bonchev–Trinajstić information content (AvgIpc) is 2.86. The number of ether oxygens (including phenoxy) is 1. The Bertz CT molecular complexity index is 928. The molecule has 1 aliphatic rings. The monoisotopic (exact) mass is 359 g/mol. The Morgan fingerprint density at radius 2 is 1.80 bits per heavy atom. The minimum Gasteiger partial charge on any atom is -0.475 e. The molecular formula is C19H21NO4S. The van der Waals surface area contributed by atoms with Crippen molar-refractivity contribution >= 4 is 16.0 Å². The Morgan fingerprint density at radius 1 is 1.12 bits per heavy atom. The minimum atomic E-state index is -3.53. The molecule has 0 N–H and O–H groups in total. The van der Waals surface area contributed by atoms with Gasteiger partial charge in [-0.2, -0.15) is 8.42 Å². The summed E-state index contributed by atoms with van der Waals surface area (Å²) in [6, 6.07) is 13.0. The van der Waals surface area contributed by atoms with E-state index in [2.05, 4.69) is 0 Å². The number of rotatable bonds is 4.